The number of esters is 1. The smallest absolute Gasteiger partial charge is 0.338 e. The van der Waals surface area contributed by atoms with Crippen molar-refractivity contribution in [3.63, 3.8) is 0 Å². The number of carbonyl (C=O) groups excluding carboxylic acids is 2. The lowest BCUT2D eigenvalue weighted by Crippen LogP contribution is -2.34. The number of thiocarbonyl (C=S) groups is 1. The second kappa shape index (κ2) is 8.43. The van der Waals surface area contributed by atoms with Crippen molar-refractivity contribution >= 4 is 67.5 Å². The van der Waals surface area contributed by atoms with E-state index in [-0.39, 0.29) is 17.0 Å². The Balaban J connectivity index is 1.69. The van der Waals surface area contributed by atoms with E-state index in [1.807, 2.05) is 0 Å². The Kier molecular flexibility index (Phi) is 6.00. The monoisotopic (exact) mass is 419 g/mol. The quantitative estimate of drug-likeness (QED) is 0.486. The van der Waals surface area contributed by atoms with E-state index in [1.54, 1.807) is 49.4 Å². The molecule has 2 aromatic carbocycles. The predicted octanol–water partition coefficient (Wildman–Crippen LogP) is 4.25. The van der Waals surface area contributed by atoms with Crippen LogP contribution in [0.1, 0.15) is 27.6 Å². The van der Waals surface area contributed by atoms with Gasteiger partial charge in [0.05, 0.1) is 22.4 Å². The molecule has 6 nitrogen and oxygen atoms in total. The maximum atomic E-state index is 12.2. The predicted molar refractivity (Wildman–Crippen MR) is 111 cm³/mol. The van der Waals surface area contributed by atoms with Gasteiger partial charge in [-0.05, 0) is 55.5 Å². The number of thiazole rings is 1. The van der Waals surface area contributed by atoms with Crippen molar-refractivity contribution < 1.29 is 14.3 Å². The molecule has 0 spiro atoms. The van der Waals surface area contributed by atoms with Gasteiger partial charge in [-0.25, -0.2) is 9.78 Å². The van der Waals surface area contributed by atoms with E-state index in [4.69, 9.17) is 28.6 Å². The molecule has 0 saturated carbocycles. The third kappa shape index (κ3) is 4.79. The lowest BCUT2D eigenvalue weighted by molar-refractivity contribution is 0.0526. The minimum atomic E-state index is -0.383. The van der Waals surface area contributed by atoms with Crippen LogP contribution in [0.2, 0.25) is 5.02 Å². The summed E-state index contributed by atoms with van der Waals surface area (Å²) in [5.74, 6) is -0.757. The Bertz CT molecular complexity index is 1040. The zero-order valence-electron chi connectivity index (χ0n) is 14.1. The largest absolute Gasteiger partial charge is 0.462 e. The number of hydrogen-bond donors (Lipinski definition) is 2. The second-order valence-corrected chi connectivity index (χ2v) is 7.22. The van der Waals surface area contributed by atoms with Crippen LogP contribution in [-0.2, 0) is 4.74 Å². The van der Waals surface area contributed by atoms with E-state index >= 15 is 0 Å². The van der Waals surface area contributed by atoms with Gasteiger partial charge in [-0.1, -0.05) is 29.0 Å². The van der Waals surface area contributed by atoms with Crippen LogP contribution in [0.5, 0.6) is 0 Å². The van der Waals surface area contributed by atoms with Crippen LogP contribution in [0.15, 0.2) is 42.5 Å². The van der Waals surface area contributed by atoms with Gasteiger partial charge in [-0.2, -0.15) is 0 Å². The number of anilines is 1. The van der Waals surface area contributed by atoms with Crippen LogP contribution in [0.3, 0.4) is 0 Å². The molecule has 3 rings (SSSR count). The van der Waals surface area contributed by atoms with E-state index in [1.165, 1.54) is 11.3 Å². The molecular formula is C18H14ClN3O3S2. The molecule has 27 heavy (non-hydrogen) atoms. The normalized spacial score (nSPS) is 10.4. The summed E-state index contributed by atoms with van der Waals surface area (Å²) < 4.78 is 5.79. The highest BCUT2D eigenvalue weighted by Gasteiger charge is 2.12. The summed E-state index contributed by atoms with van der Waals surface area (Å²) in [6.07, 6.45) is 0. The summed E-state index contributed by atoms with van der Waals surface area (Å²) in [5.41, 5.74) is 1.56. The van der Waals surface area contributed by atoms with Crippen molar-refractivity contribution in [2.24, 2.45) is 0 Å². The van der Waals surface area contributed by atoms with Crippen molar-refractivity contribution in [3.8, 4) is 0 Å². The molecule has 0 unspecified atom stereocenters. The molecule has 138 valence electrons. The van der Waals surface area contributed by atoms with Crippen molar-refractivity contribution in [1.82, 2.24) is 10.3 Å². The van der Waals surface area contributed by atoms with Crippen molar-refractivity contribution in [3.05, 3.63) is 58.6 Å². The number of halogens is 1. The molecule has 0 atom stereocenters. The maximum Gasteiger partial charge on any atom is 0.338 e. The van der Waals surface area contributed by atoms with Gasteiger partial charge in [0.25, 0.3) is 5.91 Å². The van der Waals surface area contributed by atoms with Gasteiger partial charge in [0.2, 0.25) is 0 Å². The van der Waals surface area contributed by atoms with Crippen molar-refractivity contribution in [1.29, 1.82) is 0 Å². The molecule has 0 fully saturated rings. The molecule has 2 N–H and O–H groups in total. The Morgan fingerprint density at radius 2 is 2.04 bits per heavy atom. The summed E-state index contributed by atoms with van der Waals surface area (Å²) in [4.78, 5) is 28.4. The minimum Gasteiger partial charge on any atom is -0.462 e. The average Bonchev–Trinajstić information content (AvgIpc) is 3.02. The van der Waals surface area contributed by atoms with Crippen LogP contribution < -0.4 is 10.6 Å². The van der Waals surface area contributed by atoms with Gasteiger partial charge in [0.1, 0.15) is 0 Å². The molecule has 0 aliphatic rings. The van der Waals surface area contributed by atoms with Gasteiger partial charge in [-0.15, -0.1) is 0 Å². The summed E-state index contributed by atoms with van der Waals surface area (Å²) in [7, 11) is 0. The number of amides is 1. The van der Waals surface area contributed by atoms with Crippen LogP contribution >= 0.6 is 35.2 Å². The topological polar surface area (TPSA) is 80.3 Å². The number of rotatable bonds is 4. The zero-order valence-corrected chi connectivity index (χ0v) is 16.5. The number of ether oxygens (including phenoxy) is 1. The van der Waals surface area contributed by atoms with Gasteiger partial charge in [0.15, 0.2) is 10.2 Å². The first-order chi connectivity index (χ1) is 13.0. The highest BCUT2D eigenvalue weighted by atomic mass is 35.5. The highest BCUT2D eigenvalue weighted by molar-refractivity contribution is 7.80. The molecule has 0 bridgehead atoms. The summed E-state index contributed by atoms with van der Waals surface area (Å²) >= 11 is 12.4. The van der Waals surface area contributed by atoms with Crippen molar-refractivity contribution in [2.75, 3.05) is 11.9 Å². The van der Waals surface area contributed by atoms with Gasteiger partial charge < -0.3 is 10.1 Å². The fourth-order valence-corrected chi connectivity index (χ4v) is 3.61. The van der Waals surface area contributed by atoms with E-state index < -0.39 is 0 Å². The Morgan fingerprint density at radius 3 is 2.78 bits per heavy atom. The molecule has 1 heterocycles. The van der Waals surface area contributed by atoms with Crippen molar-refractivity contribution in [2.45, 2.75) is 6.92 Å². The first kappa shape index (κ1) is 19.2. The number of aromatic nitrogens is 1. The van der Waals surface area contributed by atoms with E-state index in [0.717, 1.165) is 4.70 Å². The van der Waals surface area contributed by atoms with Crippen LogP contribution in [0.4, 0.5) is 5.13 Å². The number of nitrogens with one attached hydrogen (secondary N) is 2. The first-order valence-corrected chi connectivity index (χ1v) is 9.52. The van der Waals surface area contributed by atoms with Crippen LogP contribution in [0.25, 0.3) is 10.2 Å². The molecule has 3 aromatic rings. The van der Waals surface area contributed by atoms with Gasteiger partial charge in [0, 0.05) is 10.6 Å². The molecule has 1 aromatic heterocycles. The molecule has 1 amide bonds. The SMILES string of the molecule is CCOC(=O)c1ccc2nc(NC(=S)NC(=O)c3cccc(Cl)c3)sc2c1. The summed E-state index contributed by atoms with van der Waals surface area (Å²) in [6, 6.07) is 11.7. The number of fused-ring (bicyclic) bond motifs is 1. The van der Waals surface area contributed by atoms with E-state index in [2.05, 4.69) is 15.6 Å². The maximum absolute atomic E-state index is 12.2. The fourth-order valence-electron chi connectivity index (χ4n) is 2.25. The van der Waals surface area contributed by atoms with E-state index in [0.29, 0.717) is 33.4 Å². The lowest BCUT2D eigenvalue weighted by Gasteiger charge is -2.07. The summed E-state index contributed by atoms with van der Waals surface area (Å²) in [6.45, 7) is 2.07. The summed E-state index contributed by atoms with van der Waals surface area (Å²) in [5, 5.41) is 6.54. The van der Waals surface area contributed by atoms with Crippen LogP contribution in [-0.4, -0.2) is 28.6 Å². The number of benzene rings is 2. The van der Waals surface area contributed by atoms with Crippen LogP contribution in [0, 0.1) is 0 Å². The van der Waals surface area contributed by atoms with Gasteiger partial charge in [-0.3, -0.25) is 10.1 Å². The third-order valence-electron chi connectivity index (χ3n) is 3.43. The molecule has 0 saturated heterocycles. The number of carbonyl (C=O) groups is 2. The fraction of sp³-hybridized carbons (Fsp3) is 0.111. The Morgan fingerprint density at radius 1 is 1.22 bits per heavy atom. The highest BCUT2D eigenvalue weighted by Crippen LogP contribution is 2.27. The molecule has 0 radical (unpaired) electrons. The Labute approximate surface area is 169 Å². The first-order valence-electron chi connectivity index (χ1n) is 7.92. The average molecular weight is 420 g/mol. The Hall–Kier alpha value is -2.55. The zero-order chi connectivity index (χ0) is 19.4. The second-order valence-electron chi connectivity index (χ2n) is 5.34. The molecule has 9 heteroatoms. The standard InChI is InChI=1S/C18H14ClN3O3S2/c1-2-25-16(24)11-6-7-13-14(9-11)27-18(20-13)22-17(26)21-15(23)10-4-3-5-12(19)8-10/h3-9H,2H2,1H3,(H2,20,21,22,23,26). The molecule has 0 aliphatic heterocycles. The molecule has 0 aliphatic carbocycles. The van der Waals surface area contributed by atoms with E-state index in [9.17, 15) is 9.59 Å². The number of hydrogen-bond acceptors (Lipinski definition) is 6. The third-order valence-corrected chi connectivity index (χ3v) is 4.81. The lowest BCUT2D eigenvalue weighted by atomic mass is 10.2. The van der Waals surface area contributed by atoms with Gasteiger partial charge >= 0.3 is 5.97 Å². The molecular weight excluding hydrogens is 406 g/mol. The minimum absolute atomic E-state index is 0.115. The number of nitrogens with zero attached hydrogens (tertiary/aromatic N) is 1.